The van der Waals surface area contributed by atoms with Crippen molar-refractivity contribution in [2.45, 2.75) is 50.3 Å². The number of thiophene rings is 1. The molecule has 1 aromatic carbocycles. The maximum absolute atomic E-state index is 14.2. The predicted octanol–water partition coefficient (Wildman–Crippen LogP) is 3.54. The number of carbonyl (C=O) groups is 1. The molecule has 0 N–H and O–H groups in total. The summed E-state index contributed by atoms with van der Waals surface area (Å²) in [6, 6.07) is 7.33. The molecule has 5 heterocycles. The lowest BCUT2D eigenvalue weighted by atomic mass is 9.96. The molecule has 1 saturated heterocycles. The molecule has 39 heavy (non-hydrogen) atoms. The Hall–Kier alpha value is -2.93. The number of thioether (sulfide) groups is 1. The van der Waals surface area contributed by atoms with Gasteiger partial charge >= 0.3 is 0 Å². The van der Waals surface area contributed by atoms with Gasteiger partial charge in [-0.25, -0.2) is 8.97 Å². The summed E-state index contributed by atoms with van der Waals surface area (Å²) in [6.07, 6.45) is 0.716. The van der Waals surface area contributed by atoms with Crippen molar-refractivity contribution in [3.05, 3.63) is 45.1 Å². The van der Waals surface area contributed by atoms with E-state index in [1.807, 2.05) is 40.5 Å². The van der Waals surface area contributed by atoms with Crippen molar-refractivity contribution < 1.29 is 19.0 Å². The first-order chi connectivity index (χ1) is 18.9. The molecule has 0 unspecified atom stereocenters. The Kier molecular flexibility index (Phi) is 7.13. The van der Waals surface area contributed by atoms with Gasteiger partial charge in [-0.1, -0.05) is 25.6 Å². The molecule has 0 spiro atoms. The third-order valence-electron chi connectivity index (χ3n) is 7.37. The number of carbonyl (C=O) groups excluding carboxylic acids is 1. The van der Waals surface area contributed by atoms with Crippen molar-refractivity contribution >= 4 is 45.0 Å². The molecule has 2 aliphatic heterocycles. The Morgan fingerprint density at radius 1 is 1.15 bits per heavy atom. The highest BCUT2D eigenvalue weighted by Crippen LogP contribution is 2.38. The number of morpholine rings is 1. The summed E-state index contributed by atoms with van der Waals surface area (Å²) in [5, 5.41) is 9.84. The van der Waals surface area contributed by atoms with Gasteiger partial charge in [-0.15, -0.1) is 21.5 Å². The van der Waals surface area contributed by atoms with Crippen LogP contribution >= 0.6 is 23.1 Å². The zero-order chi connectivity index (χ0) is 27.3. The van der Waals surface area contributed by atoms with Gasteiger partial charge in [0.1, 0.15) is 10.6 Å². The molecule has 2 aliphatic rings. The van der Waals surface area contributed by atoms with Crippen LogP contribution in [0.2, 0.25) is 0 Å². The standard InChI is InChI=1S/C27H31N5O5S2/c1-15(2)20-13-19-21(14-37-20)39-25-22(19)24(34)31(17-5-7-18(35-4)8-6-17)26-28-29-27(32(25)26)38-16(3)23(33)30-9-11-36-12-10-30/h5-8,15-16,20H,9-14H2,1-4H3/t16-,20-/m0/s1. The van der Waals surface area contributed by atoms with Crippen LogP contribution < -0.4 is 10.3 Å². The zero-order valence-electron chi connectivity index (χ0n) is 22.4. The van der Waals surface area contributed by atoms with Crippen LogP contribution in [0.3, 0.4) is 0 Å². The first kappa shape index (κ1) is 26.3. The van der Waals surface area contributed by atoms with E-state index in [1.165, 1.54) is 11.8 Å². The van der Waals surface area contributed by atoms with E-state index in [2.05, 4.69) is 24.0 Å². The summed E-state index contributed by atoms with van der Waals surface area (Å²) in [5.74, 6) is 1.47. The SMILES string of the molecule is COc1ccc(-n2c(=O)c3c4c(sc3n3c(S[C@@H](C)C(=O)N5CCOCC5)nnc23)CO[C@H](C(C)C)C4)cc1. The summed E-state index contributed by atoms with van der Waals surface area (Å²) in [6.45, 7) is 8.90. The summed E-state index contributed by atoms with van der Waals surface area (Å²) in [5.41, 5.74) is 1.57. The highest BCUT2D eigenvalue weighted by atomic mass is 32.2. The van der Waals surface area contributed by atoms with Crippen molar-refractivity contribution in [3.63, 3.8) is 0 Å². The molecule has 4 aromatic rings. The molecule has 206 valence electrons. The molecule has 12 heteroatoms. The van der Waals surface area contributed by atoms with Crippen molar-refractivity contribution in [1.82, 2.24) is 24.1 Å². The predicted molar refractivity (Wildman–Crippen MR) is 150 cm³/mol. The lowest BCUT2D eigenvalue weighted by Gasteiger charge is -2.28. The molecule has 1 fully saturated rings. The molecule has 0 saturated carbocycles. The number of methoxy groups -OCH3 is 1. The summed E-state index contributed by atoms with van der Waals surface area (Å²) >= 11 is 2.91. The lowest BCUT2D eigenvalue weighted by molar-refractivity contribution is -0.134. The number of ether oxygens (including phenoxy) is 3. The molecule has 0 radical (unpaired) electrons. The minimum atomic E-state index is -0.379. The lowest BCUT2D eigenvalue weighted by Crippen LogP contribution is -2.44. The fraction of sp³-hybridized carbons (Fsp3) is 0.481. The van der Waals surface area contributed by atoms with Crippen LogP contribution in [0.15, 0.2) is 34.2 Å². The second-order valence-corrected chi connectivity index (χ2v) is 12.5. The molecule has 0 bridgehead atoms. The number of rotatable bonds is 6. The number of hydrogen-bond donors (Lipinski definition) is 0. The van der Waals surface area contributed by atoms with Gasteiger partial charge in [0.25, 0.3) is 5.56 Å². The second-order valence-electron chi connectivity index (χ2n) is 10.1. The summed E-state index contributed by atoms with van der Waals surface area (Å²) in [7, 11) is 1.61. The van der Waals surface area contributed by atoms with Gasteiger partial charge in [-0.3, -0.25) is 9.59 Å². The number of amides is 1. The normalized spacial score (nSPS) is 18.6. The summed E-state index contributed by atoms with van der Waals surface area (Å²) in [4.78, 5) is 31.1. The summed E-state index contributed by atoms with van der Waals surface area (Å²) < 4.78 is 20.4. The Morgan fingerprint density at radius 3 is 2.59 bits per heavy atom. The highest BCUT2D eigenvalue weighted by Gasteiger charge is 2.31. The van der Waals surface area contributed by atoms with E-state index in [1.54, 1.807) is 23.0 Å². The van der Waals surface area contributed by atoms with Gasteiger partial charge in [0.05, 0.1) is 49.4 Å². The van der Waals surface area contributed by atoms with Crippen molar-refractivity contribution in [1.29, 1.82) is 0 Å². The molecular formula is C27H31N5O5S2. The Morgan fingerprint density at radius 2 is 1.90 bits per heavy atom. The quantitative estimate of drug-likeness (QED) is 0.325. The van der Waals surface area contributed by atoms with Gasteiger partial charge in [-0.2, -0.15) is 0 Å². The minimum absolute atomic E-state index is 0.0402. The van der Waals surface area contributed by atoms with E-state index in [-0.39, 0.29) is 22.8 Å². The van der Waals surface area contributed by atoms with E-state index in [9.17, 15) is 9.59 Å². The molecule has 2 atom stereocenters. The number of aromatic nitrogens is 4. The molecule has 0 aliphatic carbocycles. The van der Waals surface area contributed by atoms with E-state index in [0.717, 1.165) is 15.3 Å². The molecular weight excluding hydrogens is 538 g/mol. The van der Waals surface area contributed by atoms with Crippen molar-refractivity contribution in [2.75, 3.05) is 33.4 Å². The largest absolute Gasteiger partial charge is 0.497 e. The smallest absolute Gasteiger partial charge is 0.268 e. The molecule has 3 aromatic heterocycles. The van der Waals surface area contributed by atoms with Crippen LogP contribution in [0.4, 0.5) is 0 Å². The van der Waals surface area contributed by atoms with Crippen LogP contribution in [0, 0.1) is 5.92 Å². The minimum Gasteiger partial charge on any atom is -0.497 e. The van der Waals surface area contributed by atoms with Gasteiger partial charge < -0.3 is 19.1 Å². The maximum Gasteiger partial charge on any atom is 0.268 e. The van der Waals surface area contributed by atoms with Crippen LogP contribution in [0.5, 0.6) is 5.75 Å². The monoisotopic (exact) mass is 569 g/mol. The van der Waals surface area contributed by atoms with Crippen LogP contribution in [0.25, 0.3) is 21.7 Å². The average molecular weight is 570 g/mol. The van der Waals surface area contributed by atoms with Gasteiger partial charge in [0.2, 0.25) is 11.7 Å². The third-order valence-corrected chi connectivity index (χ3v) is 9.59. The fourth-order valence-electron chi connectivity index (χ4n) is 5.16. The van der Waals surface area contributed by atoms with Gasteiger partial charge in [-0.05, 0) is 42.7 Å². The van der Waals surface area contributed by atoms with Crippen LogP contribution in [-0.2, 0) is 27.3 Å². The maximum atomic E-state index is 14.2. The average Bonchev–Trinajstić information content (AvgIpc) is 3.54. The van der Waals surface area contributed by atoms with Crippen molar-refractivity contribution in [2.24, 2.45) is 5.92 Å². The second kappa shape index (κ2) is 10.6. The first-order valence-electron chi connectivity index (χ1n) is 13.1. The highest BCUT2D eigenvalue weighted by molar-refractivity contribution is 8.00. The van der Waals surface area contributed by atoms with Crippen LogP contribution in [-0.4, -0.2) is 74.7 Å². The topological polar surface area (TPSA) is 100 Å². The Bertz CT molecular complexity index is 1590. The van der Waals surface area contributed by atoms with E-state index in [0.29, 0.717) is 73.0 Å². The van der Waals surface area contributed by atoms with Gasteiger partial charge in [0, 0.05) is 24.4 Å². The molecule has 6 rings (SSSR count). The fourth-order valence-corrected chi connectivity index (χ4v) is 7.39. The van der Waals surface area contributed by atoms with E-state index >= 15 is 0 Å². The number of hydrogen-bond acceptors (Lipinski definition) is 9. The zero-order valence-corrected chi connectivity index (χ0v) is 24.0. The number of fused-ring (bicyclic) bond motifs is 5. The number of nitrogens with zero attached hydrogens (tertiary/aromatic N) is 5. The van der Waals surface area contributed by atoms with Crippen LogP contribution in [0.1, 0.15) is 31.2 Å². The van der Waals surface area contributed by atoms with Gasteiger partial charge in [0.15, 0.2) is 5.16 Å². The Balaban J connectivity index is 1.52. The van der Waals surface area contributed by atoms with E-state index < -0.39 is 0 Å². The van der Waals surface area contributed by atoms with Crippen molar-refractivity contribution in [3.8, 4) is 11.4 Å². The third kappa shape index (κ3) is 4.62. The van der Waals surface area contributed by atoms with E-state index in [4.69, 9.17) is 14.2 Å². The Labute approximate surface area is 233 Å². The number of benzene rings is 1. The molecule has 1 amide bonds. The first-order valence-corrected chi connectivity index (χ1v) is 14.8. The molecule has 10 nitrogen and oxygen atoms in total.